The number of benzene rings is 1. The lowest BCUT2D eigenvalue weighted by molar-refractivity contribution is 0.416. The van der Waals surface area contributed by atoms with Crippen LogP contribution in [0.1, 0.15) is 12.8 Å². The normalized spacial score (nSPS) is 15.7. The number of piperidine rings is 1. The Morgan fingerprint density at radius 2 is 2.00 bits per heavy atom. The van der Waals surface area contributed by atoms with E-state index in [1.54, 1.807) is 13.4 Å². The minimum absolute atomic E-state index is 0.478. The molecule has 1 aromatic carbocycles. The van der Waals surface area contributed by atoms with Crippen molar-refractivity contribution in [2.45, 2.75) is 18.9 Å². The molecule has 0 radical (unpaired) electrons. The number of para-hydroxylation sites is 1. The third-order valence-corrected chi connectivity index (χ3v) is 3.74. The molecule has 21 heavy (non-hydrogen) atoms. The molecule has 0 saturated carbocycles. The molecule has 1 saturated heterocycles. The summed E-state index contributed by atoms with van der Waals surface area (Å²) in [6.45, 7) is 2.12. The molecule has 0 spiro atoms. The fourth-order valence-electron chi connectivity index (χ4n) is 2.62. The lowest BCUT2D eigenvalue weighted by Gasteiger charge is -2.24. The average Bonchev–Trinajstić information content (AvgIpc) is 2.56. The van der Waals surface area contributed by atoms with E-state index in [1.165, 1.54) is 0 Å². The van der Waals surface area contributed by atoms with E-state index in [2.05, 4.69) is 20.6 Å². The van der Waals surface area contributed by atoms with E-state index in [0.717, 1.165) is 48.8 Å². The first-order valence-electron chi connectivity index (χ1n) is 7.29. The first-order chi connectivity index (χ1) is 10.4. The second-order valence-electron chi connectivity index (χ2n) is 5.16. The van der Waals surface area contributed by atoms with Crippen molar-refractivity contribution >= 4 is 5.82 Å². The first-order valence-corrected chi connectivity index (χ1v) is 7.29. The SMILES string of the molecule is COc1ccccc1-c1cc(NC2CCNCC2)ncn1. The Morgan fingerprint density at radius 1 is 1.19 bits per heavy atom. The molecule has 0 aliphatic carbocycles. The van der Waals surface area contributed by atoms with Crippen LogP contribution >= 0.6 is 0 Å². The summed E-state index contributed by atoms with van der Waals surface area (Å²) >= 11 is 0. The van der Waals surface area contributed by atoms with Crippen LogP contribution in [-0.4, -0.2) is 36.2 Å². The first kappa shape index (κ1) is 13.8. The van der Waals surface area contributed by atoms with Gasteiger partial charge in [-0.2, -0.15) is 0 Å². The van der Waals surface area contributed by atoms with Crippen LogP contribution in [-0.2, 0) is 0 Å². The highest BCUT2D eigenvalue weighted by atomic mass is 16.5. The van der Waals surface area contributed by atoms with Crippen LogP contribution in [0.2, 0.25) is 0 Å². The van der Waals surface area contributed by atoms with Crippen molar-refractivity contribution in [3.05, 3.63) is 36.7 Å². The molecule has 0 unspecified atom stereocenters. The van der Waals surface area contributed by atoms with E-state index < -0.39 is 0 Å². The maximum atomic E-state index is 5.40. The molecule has 0 atom stereocenters. The number of hydrogen-bond donors (Lipinski definition) is 2. The molecular formula is C16H20N4O. The van der Waals surface area contributed by atoms with Crippen LogP contribution in [0.25, 0.3) is 11.3 Å². The highest BCUT2D eigenvalue weighted by molar-refractivity contribution is 5.68. The quantitative estimate of drug-likeness (QED) is 0.902. The molecule has 2 N–H and O–H groups in total. The van der Waals surface area contributed by atoms with Crippen molar-refractivity contribution in [2.75, 3.05) is 25.5 Å². The largest absolute Gasteiger partial charge is 0.496 e. The smallest absolute Gasteiger partial charge is 0.130 e. The monoisotopic (exact) mass is 284 g/mol. The number of rotatable bonds is 4. The lowest BCUT2D eigenvalue weighted by Crippen LogP contribution is -2.35. The van der Waals surface area contributed by atoms with Gasteiger partial charge in [-0.3, -0.25) is 0 Å². The van der Waals surface area contributed by atoms with Crippen LogP contribution < -0.4 is 15.4 Å². The number of methoxy groups -OCH3 is 1. The van der Waals surface area contributed by atoms with Crippen molar-refractivity contribution in [3.63, 3.8) is 0 Å². The summed E-state index contributed by atoms with van der Waals surface area (Å²) in [6.07, 6.45) is 3.84. The maximum absolute atomic E-state index is 5.40. The molecule has 1 fully saturated rings. The van der Waals surface area contributed by atoms with Crippen molar-refractivity contribution in [1.82, 2.24) is 15.3 Å². The van der Waals surface area contributed by atoms with Gasteiger partial charge in [-0.05, 0) is 38.1 Å². The van der Waals surface area contributed by atoms with Gasteiger partial charge in [0, 0.05) is 17.7 Å². The fraction of sp³-hybridized carbons (Fsp3) is 0.375. The van der Waals surface area contributed by atoms with Gasteiger partial charge in [0.25, 0.3) is 0 Å². The van der Waals surface area contributed by atoms with Crippen molar-refractivity contribution in [2.24, 2.45) is 0 Å². The highest BCUT2D eigenvalue weighted by Crippen LogP contribution is 2.28. The predicted octanol–water partition coefficient (Wildman–Crippen LogP) is 2.32. The summed E-state index contributed by atoms with van der Waals surface area (Å²) in [5.74, 6) is 1.70. The number of aromatic nitrogens is 2. The van der Waals surface area contributed by atoms with E-state index in [4.69, 9.17) is 4.74 Å². The number of anilines is 1. The summed E-state index contributed by atoms with van der Waals surface area (Å²) in [5, 5.41) is 6.86. The molecule has 2 heterocycles. The van der Waals surface area contributed by atoms with Gasteiger partial charge in [-0.1, -0.05) is 12.1 Å². The Bertz CT molecular complexity index is 596. The Hall–Kier alpha value is -2.14. The van der Waals surface area contributed by atoms with E-state index >= 15 is 0 Å². The van der Waals surface area contributed by atoms with Crippen molar-refractivity contribution in [1.29, 1.82) is 0 Å². The van der Waals surface area contributed by atoms with Gasteiger partial charge in [0.1, 0.15) is 17.9 Å². The maximum Gasteiger partial charge on any atom is 0.130 e. The molecular weight excluding hydrogens is 264 g/mol. The van der Waals surface area contributed by atoms with Gasteiger partial charge < -0.3 is 15.4 Å². The van der Waals surface area contributed by atoms with Gasteiger partial charge in [0.15, 0.2) is 0 Å². The van der Waals surface area contributed by atoms with Crippen LogP contribution in [0.4, 0.5) is 5.82 Å². The molecule has 2 aromatic rings. The Labute approximate surface area is 124 Å². The van der Waals surface area contributed by atoms with Gasteiger partial charge in [0.2, 0.25) is 0 Å². The van der Waals surface area contributed by atoms with E-state index in [1.807, 2.05) is 30.3 Å². The van der Waals surface area contributed by atoms with Crippen molar-refractivity contribution in [3.8, 4) is 17.0 Å². The minimum atomic E-state index is 0.478. The minimum Gasteiger partial charge on any atom is -0.496 e. The van der Waals surface area contributed by atoms with E-state index in [0.29, 0.717) is 6.04 Å². The summed E-state index contributed by atoms with van der Waals surface area (Å²) in [6, 6.07) is 10.4. The topological polar surface area (TPSA) is 59.1 Å². The number of nitrogens with zero attached hydrogens (tertiary/aromatic N) is 2. The van der Waals surface area contributed by atoms with Crippen LogP contribution in [0, 0.1) is 0 Å². The van der Waals surface area contributed by atoms with Gasteiger partial charge in [-0.25, -0.2) is 9.97 Å². The van der Waals surface area contributed by atoms with Crippen molar-refractivity contribution < 1.29 is 4.74 Å². The lowest BCUT2D eigenvalue weighted by atomic mass is 10.1. The molecule has 3 rings (SSSR count). The standard InChI is InChI=1S/C16H20N4O/c1-21-15-5-3-2-4-13(15)14-10-16(19-11-18-14)20-12-6-8-17-9-7-12/h2-5,10-12,17H,6-9H2,1H3,(H,18,19,20). The molecule has 1 aliphatic rings. The molecule has 0 bridgehead atoms. The van der Waals surface area contributed by atoms with Crippen LogP contribution in [0.5, 0.6) is 5.75 Å². The zero-order valence-electron chi connectivity index (χ0n) is 12.2. The van der Waals surface area contributed by atoms with E-state index in [9.17, 15) is 0 Å². The summed E-state index contributed by atoms with van der Waals surface area (Å²) in [5.41, 5.74) is 1.86. The molecule has 5 heteroatoms. The van der Waals surface area contributed by atoms with Crippen LogP contribution in [0.15, 0.2) is 36.7 Å². The average molecular weight is 284 g/mol. The Kier molecular flexibility index (Phi) is 4.31. The van der Waals surface area contributed by atoms with Gasteiger partial charge in [0.05, 0.1) is 12.8 Å². The highest BCUT2D eigenvalue weighted by Gasteiger charge is 2.14. The fourth-order valence-corrected chi connectivity index (χ4v) is 2.62. The zero-order chi connectivity index (χ0) is 14.5. The van der Waals surface area contributed by atoms with Crippen LogP contribution in [0.3, 0.4) is 0 Å². The Morgan fingerprint density at radius 3 is 2.81 bits per heavy atom. The third-order valence-electron chi connectivity index (χ3n) is 3.74. The summed E-state index contributed by atoms with van der Waals surface area (Å²) in [4.78, 5) is 8.70. The van der Waals surface area contributed by atoms with Gasteiger partial charge >= 0.3 is 0 Å². The predicted molar refractivity (Wildman–Crippen MR) is 83.5 cm³/mol. The second-order valence-corrected chi connectivity index (χ2v) is 5.16. The number of ether oxygens (including phenoxy) is 1. The number of nitrogens with one attached hydrogen (secondary N) is 2. The Balaban J connectivity index is 1.82. The molecule has 110 valence electrons. The van der Waals surface area contributed by atoms with E-state index in [-0.39, 0.29) is 0 Å². The summed E-state index contributed by atoms with van der Waals surface area (Å²) < 4.78 is 5.40. The molecule has 1 aromatic heterocycles. The molecule has 1 aliphatic heterocycles. The third kappa shape index (κ3) is 3.31. The molecule has 0 amide bonds. The second kappa shape index (κ2) is 6.54. The van der Waals surface area contributed by atoms with Gasteiger partial charge in [-0.15, -0.1) is 0 Å². The zero-order valence-corrected chi connectivity index (χ0v) is 12.2. The molecule has 5 nitrogen and oxygen atoms in total. The summed E-state index contributed by atoms with van der Waals surface area (Å²) in [7, 11) is 1.67. The number of hydrogen-bond acceptors (Lipinski definition) is 5.